The quantitative estimate of drug-likeness (QED) is 0.559. The number of aliphatic hydroxyl groups excluding tert-OH is 1. The number of rotatable bonds is 6. The Morgan fingerprint density at radius 1 is 1.21 bits per heavy atom. The highest BCUT2D eigenvalue weighted by Crippen LogP contribution is 2.41. The van der Waals surface area contributed by atoms with Crippen molar-refractivity contribution in [3.05, 3.63) is 74.4 Å². The van der Waals surface area contributed by atoms with E-state index in [0.717, 1.165) is 17.2 Å². The Kier molecular flexibility index (Phi) is 6.60. The topological polar surface area (TPSA) is 80.4 Å². The van der Waals surface area contributed by atoms with Crippen molar-refractivity contribution < 1.29 is 18.7 Å². The molecule has 0 saturated carbocycles. The van der Waals surface area contributed by atoms with Crippen molar-refractivity contribution in [3.8, 4) is 5.69 Å². The van der Waals surface area contributed by atoms with Gasteiger partial charge in [-0.1, -0.05) is 37.9 Å². The van der Waals surface area contributed by atoms with Crippen LogP contribution in [0.25, 0.3) is 5.69 Å². The lowest BCUT2D eigenvalue weighted by molar-refractivity contribution is 0.0971. The fourth-order valence-corrected chi connectivity index (χ4v) is 4.76. The van der Waals surface area contributed by atoms with Crippen molar-refractivity contribution in [2.75, 3.05) is 11.4 Å². The maximum absolute atomic E-state index is 15.3. The van der Waals surface area contributed by atoms with Crippen LogP contribution in [0.4, 0.5) is 14.5 Å². The van der Waals surface area contributed by atoms with Crippen LogP contribution in [0.5, 0.6) is 0 Å². The zero-order valence-electron chi connectivity index (χ0n) is 19.1. The third kappa shape index (κ3) is 3.82. The van der Waals surface area contributed by atoms with Crippen LogP contribution in [0.2, 0.25) is 5.02 Å². The van der Waals surface area contributed by atoms with E-state index in [0.29, 0.717) is 5.56 Å². The first-order chi connectivity index (χ1) is 16.2. The first-order valence-electron chi connectivity index (χ1n) is 11.1. The number of nitrogens with zero attached hydrogens (tertiary/aromatic N) is 4. The second-order valence-electron chi connectivity index (χ2n) is 8.38. The van der Waals surface area contributed by atoms with Crippen molar-refractivity contribution >= 4 is 23.2 Å². The van der Waals surface area contributed by atoms with E-state index in [1.165, 1.54) is 33.7 Å². The highest BCUT2D eigenvalue weighted by molar-refractivity contribution is 6.34. The zero-order valence-corrected chi connectivity index (χ0v) is 19.8. The van der Waals surface area contributed by atoms with Gasteiger partial charge in [-0.05, 0) is 42.7 Å². The molecule has 0 bridgehead atoms. The first kappa shape index (κ1) is 24.1. The summed E-state index contributed by atoms with van der Waals surface area (Å²) in [5, 5.41) is 13.7. The molecular formula is C24H25ClF2N4O3. The van der Waals surface area contributed by atoms with E-state index in [1.54, 1.807) is 6.92 Å². The summed E-state index contributed by atoms with van der Waals surface area (Å²) in [6.07, 6.45) is 0.753. The molecule has 0 spiro atoms. The number of carbonyl (C=O) groups is 1. The van der Waals surface area contributed by atoms with Gasteiger partial charge in [-0.3, -0.25) is 9.36 Å². The van der Waals surface area contributed by atoms with Crippen LogP contribution in [0.1, 0.15) is 54.9 Å². The molecule has 4 rings (SSSR count). The second-order valence-corrected chi connectivity index (χ2v) is 8.79. The minimum atomic E-state index is -0.830. The Balaban J connectivity index is 1.91. The zero-order chi connectivity index (χ0) is 24.7. The lowest BCUT2D eigenvalue weighted by Gasteiger charge is -2.37. The molecule has 10 heteroatoms. The van der Waals surface area contributed by atoms with Gasteiger partial charge in [0.15, 0.2) is 5.82 Å². The van der Waals surface area contributed by atoms with Crippen LogP contribution in [0, 0.1) is 17.6 Å². The van der Waals surface area contributed by atoms with E-state index in [2.05, 4.69) is 5.10 Å². The number of aliphatic hydroxyl groups is 1. The molecule has 2 aromatic carbocycles. The molecule has 0 fully saturated rings. The van der Waals surface area contributed by atoms with E-state index in [4.69, 9.17) is 11.6 Å². The summed E-state index contributed by atoms with van der Waals surface area (Å²) in [6.45, 7) is 5.63. The smallest absolute Gasteiger partial charge is 0.350 e. The molecule has 3 aromatic rings. The van der Waals surface area contributed by atoms with E-state index in [9.17, 15) is 19.1 Å². The summed E-state index contributed by atoms with van der Waals surface area (Å²) in [5.74, 6) is -2.15. The fraction of sp³-hybridized carbons (Fsp3) is 0.375. The molecular weight excluding hydrogens is 466 g/mol. The lowest BCUT2D eigenvalue weighted by Crippen LogP contribution is -2.42. The van der Waals surface area contributed by atoms with Crippen LogP contribution >= 0.6 is 11.6 Å². The second kappa shape index (κ2) is 9.31. The summed E-state index contributed by atoms with van der Waals surface area (Å²) in [6, 6.07) is 6.71. The molecule has 7 nitrogen and oxygen atoms in total. The van der Waals surface area contributed by atoms with Crippen LogP contribution in [0.3, 0.4) is 0 Å². The number of benzene rings is 2. The van der Waals surface area contributed by atoms with Crippen molar-refractivity contribution in [2.24, 2.45) is 5.92 Å². The summed E-state index contributed by atoms with van der Waals surface area (Å²) < 4.78 is 32.2. The molecule has 1 aromatic heterocycles. The maximum atomic E-state index is 15.3. The van der Waals surface area contributed by atoms with E-state index in [1.807, 2.05) is 13.8 Å². The Morgan fingerprint density at radius 3 is 2.53 bits per heavy atom. The Hall–Kier alpha value is -3.04. The molecule has 1 amide bonds. The van der Waals surface area contributed by atoms with Gasteiger partial charge in [0.1, 0.15) is 23.9 Å². The number of amides is 1. The normalized spacial score (nSPS) is 16.6. The summed E-state index contributed by atoms with van der Waals surface area (Å²) in [4.78, 5) is 27.5. The highest BCUT2D eigenvalue weighted by Gasteiger charge is 2.37. The molecule has 180 valence electrons. The van der Waals surface area contributed by atoms with Gasteiger partial charge in [0.05, 0.1) is 10.7 Å². The molecule has 1 aliphatic rings. The van der Waals surface area contributed by atoms with Crippen molar-refractivity contribution in [1.29, 1.82) is 0 Å². The summed E-state index contributed by atoms with van der Waals surface area (Å²) in [7, 11) is 0. The number of anilines is 1. The first-order valence-corrected chi connectivity index (χ1v) is 11.5. The highest BCUT2D eigenvalue weighted by atomic mass is 35.5. The maximum Gasteiger partial charge on any atom is 0.350 e. The molecule has 0 saturated heterocycles. The minimum absolute atomic E-state index is 0.0388. The Bertz CT molecular complexity index is 1300. The van der Waals surface area contributed by atoms with Gasteiger partial charge in [-0.15, -0.1) is 5.10 Å². The van der Waals surface area contributed by atoms with Crippen LogP contribution < -0.4 is 10.6 Å². The van der Waals surface area contributed by atoms with E-state index < -0.39 is 29.8 Å². The fourth-order valence-electron chi connectivity index (χ4n) is 4.49. The SMILES string of the molecule is CC[C@H](C)[C@H]1CN(c2c(F)cccc2Cl)C(=O)c2cc(F)c(-n3nc(CO)n(CC)c3=O)cc21. The number of aromatic nitrogens is 3. The summed E-state index contributed by atoms with van der Waals surface area (Å²) >= 11 is 6.24. The lowest BCUT2D eigenvalue weighted by atomic mass is 9.79. The number of carbonyl (C=O) groups excluding carboxylic acids is 1. The predicted molar refractivity (Wildman–Crippen MR) is 125 cm³/mol. The summed E-state index contributed by atoms with van der Waals surface area (Å²) in [5.41, 5.74) is -0.0925. The molecule has 34 heavy (non-hydrogen) atoms. The predicted octanol–water partition coefficient (Wildman–Crippen LogP) is 4.27. The Labute approximate surface area is 200 Å². The van der Waals surface area contributed by atoms with Gasteiger partial charge in [0, 0.05) is 24.6 Å². The minimum Gasteiger partial charge on any atom is -0.388 e. The van der Waals surface area contributed by atoms with E-state index >= 15 is 4.39 Å². The standard InChI is InChI=1S/C24H25ClF2N4O3/c1-4-13(3)16-11-30(22-17(25)7-6-8-18(22)26)23(33)15-9-19(27)20(10-14(15)16)31-24(34)29(5-2)21(12-32)28-31/h6-10,13,16,32H,4-5,11-12H2,1-3H3/t13-,16+/m0/s1. The van der Waals surface area contributed by atoms with Crippen molar-refractivity contribution in [3.63, 3.8) is 0 Å². The van der Waals surface area contributed by atoms with Gasteiger partial charge in [-0.2, -0.15) is 4.68 Å². The monoisotopic (exact) mass is 490 g/mol. The molecule has 1 N–H and O–H groups in total. The number of hydrogen-bond acceptors (Lipinski definition) is 4. The number of halogens is 3. The molecule has 0 radical (unpaired) electrons. The molecule has 1 aliphatic heterocycles. The number of hydrogen-bond donors (Lipinski definition) is 1. The third-order valence-corrected chi connectivity index (χ3v) is 6.84. The van der Waals surface area contributed by atoms with E-state index in [-0.39, 0.29) is 52.7 Å². The average molecular weight is 491 g/mol. The van der Waals surface area contributed by atoms with Gasteiger partial charge < -0.3 is 10.0 Å². The van der Waals surface area contributed by atoms with Crippen LogP contribution in [-0.4, -0.2) is 31.9 Å². The number of para-hydroxylation sites is 1. The van der Waals surface area contributed by atoms with Crippen molar-refractivity contribution in [2.45, 2.75) is 46.3 Å². The van der Waals surface area contributed by atoms with Crippen LogP contribution in [-0.2, 0) is 13.2 Å². The molecule has 2 heterocycles. The number of fused-ring (bicyclic) bond motifs is 1. The molecule has 2 atom stereocenters. The van der Waals surface area contributed by atoms with Gasteiger partial charge in [0.25, 0.3) is 5.91 Å². The molecule has 0 unspecified atom stereocenters. The third-order valence-electron chi connectivity index (χ3n) is 6.54. The van der Waals surface area contributed by atoms with Gasteiger partial charge >= 0.3 is 5.69 Å². The van der Waals surface area contributed by atoms with Gasteiger partial charge in [0.2, 0.25) is 0 Å². The average Bonchev–Trinajstić information content (AvgIpc) is 3.14. The Morgan fingerprint density at radius 2 is 1.94 bits per heavy atom. The van der Waals surface area contributed by atoms with Crippen LogP contribution in [0.15, 0.2) is 35.1 Å². The largest absolute Gasteiger partial charge is 0.388 e. The van der Waals surface area contributed by atoms with Gasteiger partial charge in [-0.25, -0.2) is 13.6 Å². The van der Waals surface area contributed by atoms with Crippen molar-refractivity contribution in [1.82, 2.24) is 14.3 Å². The molecule has 0 aliphatic carbocycles.